The highest BCUT2D eigenvalue weighted by atomic mass is 19.1. The molecule has 3 heterocycles. The first-order valence-electron chi connectivity index (χ1n) is 10.5. The molecule has 1 amide bonds. The average molecular weight is 435 g/mol. The number of amides is 1. The number of piperidine rings is 1. The van der Waals surface area contributed by atoms with Crippen molar-refractivity contribution in [1.29, 1.82) is 0 Å². The zero-order valence-electron chi connectivity index (χ0n) is 17.5. The predicted molar refractivity (Wildman–Crippen MR) is 118 cm³/mol. The number of halogens is 1. The van der Waals surface area contributed by atoms with Crippen LogP contribution in [0.5, 0.6) is 0 Å². The molecule has 0 saturated carbocycles. The minimum absolute atomic E-state index is 0.0184. The zero-order chi connectivity index (χ0) is 22.2. The molecule has 1 aromatic heterocycles. The fourth-order valence-corrected chi connectivity index (χ4v) is 4.12. The van der Waals surface area contributed by atoms with Crippen LogP contribution < -0.4 is 5.32 Å². The number of benzene rings is 2. The Morgan fingerprint density at radius 2 is 2.00 bits per heavy atom. The number of fused-ring (bicyclic) bond motifs is 2. The molecule has 32 heavy (non-hydrogen) atoms. The van der Waals surface area contributed by atoms with Crippen molar-refractivity contribution in [3.05, 3.63) is 58.9 Å². The Hall–Kier alpha value is -3.59. The van der Waals surface area contributed by atoms with E-state index < -0.39 is 11.9 Å². The van der Waals surface area contributed by atoms with Gasteiger partial charge in [0, 0.05) is 29.8 Å². The smallest absolute Gasteiger partial charge is 0.414 e. The topological polar surface area (TPSA) is 99.7 Å². The van der Waals surface area contributed by atoms with E-state index in [1.54, 1.807) is 6.07 Å². The number of carbonyl (C=O) groups excluding carboxylic acids is 2. The van der Waals surface area contributed by atoms with Crippen molar-refractivity contribution in [3.8, 4) is 0 Å². The normalized spacial score (nSPS) is 17.2. The van der Waals surface area contributed by atoms with Crippen LogP contribution >= 0.6 is 0 Å². The molecular weight excluding hydrogens is 413 g/mol. The Labute approximate surface area is 183 Å². The minimum atomic E-state index is -0.543. The molecule has 0 unspecified atom stereocenters. The number of carbonyl (C=O) groups is 2. The van der Waals surface area contributed by atoms with E-state index in [2.05, 4.69) is 25.2 Å². The van der Waals surface area contributed by atoms with Gasteiger partial charge in [0.25, 0.3) is 0 Å². The van der Waals surface area contributed by atoms with Crippen LogP contribution in [0.1, 0.15) is 34.3 Å². The Morgan fingerprint density at radius 3 is 2.81 bits per heavy atom. The van der Waals surface area contributed by atoms with E-state index in [0.29, 0.717) is 27.9 Å². The van der Waals surface area contributed by atoms with Crippen LogP contribution in [0.3, 0.4) is 0 Å². The summed E-state index contributed by atoms with van der Waals surface area (Å²) in [6.07, 6.45) is 0.966. The van der Waals surface area contributed by atoms with E-state index in [1.807, 2.05) is 19.2 Å². The van der Waals surface area contributed by atoms with Gasteiger partial charge in [-0.05, 0) is 50.2 Å². The van der Waals surface area contributed by atoms with Gasteiger partial charge in [0.05, 0.1) is 16.7 Å². The van der Waals surface area contributed by atoms with Crippen LogP contribution in [-0.2, 0) is 4.74 Å². The van der Waals surface area contributed by atoms with Gasteiger partial charge >= 0.3 is 6.09 Å². The zero-order valence-corrected chi connectivity index (χ0v) is 17.5. The lowest BCUT2D eigenvalue weighted by atomic mass is 9.92. The van der Waals surface area contributed by atoms with Gasteiger partial charge in [-0.1, -0.05) is 6.07 Å². The van der Waals surface area contributed by atoms with Crippen LogP contribution in [0.2, 0.25) is 0 Å². The van der Waals surface area contributed by atoms with E-state index in [-0.39, 0.29) is 24.4 Å². The molecule has 0 radical (unpaired) electrons. The monoisotopic (exact) mass is 435 g/mol. The molecule has 0 spiro atoms. The standard InChI is InChI=1S/C23H22FN5O3/c1-29-8-6-15(7-9-29)32-23(31)28-22-26-18-5-2-13(10-19(18)27-22)21-17-11-14(24)3-4-16(17)20(30)12-25-21/h2-5,10-11,15H,6-9,12H2,1H3,(H2,26,27,28,31). The molecule has 2 aliphatic rings. The third-order valence-corrected chi connectivity index (χ3v) is 5.83. The number of hydrogen-bond donors (Lipinski definition) is 2. The summed E-state index contributed by atoms with van der Waals surface area (Å²) in [7, 11) is 2.05. The molecule has 0 bridgehead atoms. The molecule has 164 valence electrons. The number of imidazole rings is 1. The Bertz CT molecular complexity index is 1240. The lowest BCUT2D eigenvalue weighted by Gasteiger charge is -2.28. The molecule has 8 nitrogen and oxygen atoms in total. The van der Waals surface area contributed by atoms with Crippen molar-refractivity contribution in [2.45, 2.75) is 18.9 Å². The lowest BCUT2D eigenvalue weighted by molar-refractivity contribution is 0.0661. The second-order valence-corrected chi connectivity index (χ2v) is 8.13. The summed E-state index contributed by atoms with van der Waals surface area (Å²) in [5, 5.41) is 2.65. The number of nitrogens with one attached hydrogen (secondary N) is 2. The largest absolute Gasteiger partial charge is 0.446 e. The first-order chi connectivity index (χ1) is 15.5. The van der Waals surface area contributed by atoms with Gasteiger partial charge in [-0.3, -0.25) is 15.1 Å². The van der Waals surface area contributed by atoms with Crippen LogP contribution in [-0.4, -0.2) is 65.2 Å². The molecule has 2 aliphatic heterocycles. The van der Waals surface area contributed by atoms with Crippen molar-refractivity contribution in [1.82, 2.24) is 14.9 Å². The summed E-state index contributed by atoms with van der Waals surface area (Å²) in [5.74, 6) is -0.286. The summed E-state index contributed by atoms with van der Waals surface area (Å²) >= 11 is 0. The number of nitrogens with zero attached hydrogens (tertiary/aromatic N) is 3. The maximum Gasteiger partial charge on any atom is 0.414 e. The number of rotatable bonds is 3. The number of ether oxygens (including phenoxy) is 1. The highest BCUT2D eigenvalue weighted by Gasteiger charge is 2.23. The minimum Gasteiger partial charge on any atom is -0.446 e. The molecule has 2 N–H and O–H groups in total. The van der Waals surface area contributed by atoms with Gasteiger partial charge in [-0.15, -0.1) is 0 Å². The molecule has 5 rings (SSSR count). The lowest BCUT2D eigenvalue weighted by Crippen LogP contribution is -2.36. The Morgan fingerprint density at radius 1 is 1.19 bits per heavy atom. The molecule has 1 saturated heterocycles. The fourth-order valence-electron chi connectivity index (χ4n) is 4.12. The molecular formula is C23H22FN5O3. The summed E-state index contributed by atoms with van der Waals surface area (Å²) in [4.78, 5) is 38.4. The number of ketones is 1. The van der Waals surface area contributed by atoms with E-state index in [4.69, 9.17) is 4.74 Å². The third kappa shape index (κ3) is 3.99. The van der Waals surface area contributed by atoms with Gasteiger partial charge in [0.15, 0.2) is 5.78 Å². The van der Waals surface area contributed by atoms with E-state index in [9.17, 15) is 14.0 Å². The maximum absolute atomic E-state index is 13.8. The molecule has 0 atom stereocenters. The highest BCUT2D eigenvalue weighted by molar-refractivity contribution is 6.22. The first-order valence-corrected chi connectivity index (χ1v) is 10.5. The Kier molecular flexibility index (Phi) is 5.18. The van der Waals surface area contributed by atoms with Gasteiger partial charge in [-0.2, -0.15) is 0 Å². The first kappa shape index (κ1) is 20.3. The average Bonchev–Trinajstić information content (AvgIpc) is 3.16. The SMILES string of the molecule is CN1CCC(OC(=O)Nc2nc3ccc(C4=NCC(=O)c5ccc(F)cc54)cc3[nH]2)CC1. The number of likely N-dealkylation sites (tertiary alicyclic amines) is 1. The molecule has 1 fully saturated rings. The van der Waals surface area contributed by atoms with Gasteiger partial charge < -0.3 is 14.6 Å². The maximum atomic E-state index is 13.8. The summed E-state index contributed by atoms with van der Waals surface area (Å²) in [5.41, 5.74) is 3.53. The number of aliphatic imine (C=N–C) groups is 1. The summed E-state index contributed by atoms with van der Waals surface area (Å²) < 4.78 is 19.3. The van der Waals surface area contributed by atoms with Gasteiger partial charge in [-0.25, -0.2) is 14.2 Å². The van der Waals surface area contributed by atoms with Crippen molar-refractivity contribution in [2.24, 2.45) is 4.99 Å². The van der Waals surface area contributed by atoms with Crippen molar-refractivity contribution in [2.75, 3.05) is 32.0 Å². The number of Topliss-reactive ketones (excluding diaryl/α,β-unsaturated/α-hetero) is 1. The van der Waals surface area contributed by atoms with E-state index in [1.165, 1.54) is 18.2 Å². The van der Waals surface area contributed by atoms with Gasteiger partial charge in [0.1, 0.15) is 18.5 Å². The van der Waals surface area contributed by atoms with Crippen LogP contribution in [0, 0.1) is 5.82 Å². The van der Waals surface area contributed by atoms with Crippen molar-refractivity contribution < 1.29 is 18.7 Å². The number of hydrogen-bond acceptors (Lipinski definition) is 6. The fraction of sp³-hybridized carbons (Fsp3) is 0.304. The number of aromatic nitrogens is 2. The predicted octanol–water partition coefficient (Wildman–Crippen LogP) is 3.38. The van der Waals surface area contributed by atoms with Crippen molar-refractivity contribution in [3.63, 3.8) is 0 Å². The van der Waals surface area contributed by atoms with E-state index in [0.717, 1.165) is 31.5 Å². The van der Waals surface area contributed by atoms with Crippen LogP contribution in [0.15, 0.2) is 41.4 Å². The number of anilines is 1. The van der Waals surface area contributed by atoms with E-state index >= 15 is 0 Å². The van der Waals surface area contributed by atoms with Crippen LogP contribution in [0.25, 0.3) is 11.0 Å². The molecule has 3 aromatic rings. The summed E-state index contributed by atoms with van der Waals surface area (Å²) in [6, 6.07) is 9.52. The Balaban J connectivity index is 1.35. The van der Waals surface area contributed by atoms with Crippen molar-refractivity contribution >= 4 is 34.6 Å². The highest BCUT2D eigenvalue weighted by Crippen LogP contribution is 2.24. The molecule has 9 heteroatoms. The second kappa shape index (κ2) is 8.16. The second-order valence-electron chi connectivity index (χ2n) is 8.13. The molecule has 0 aliphatic carbocycles. The number of H-pyrrole nitrogens is 1. The summed E-state index contributed by atoms with van der Waals surface area (Å²) in [6.45, 7) is 1.81. The number of aromatic amines is 1. The van der Waals surface area contributed by atoms with Gasteiger partial charge in [0.2, 0.25) is 5.95 Å². The molecule has 2 aromatic carbocycles. The third-order valence-electron chi connectivity index (χ3n) is 5.83. The van der Waals surface area contributed by atoms with Crippen LogP contribution in [0.4, 0.5) is 15.1 Å². The quantitative estimate of drug-likeness (QED) is 0.657.